The van der Waals surface area contributed by atoms with Gasteiger partial charge < -0.3 is 20.3 Å². The van der Waals surface area contributed by atoms with E-state index in [1.54, 1.807) is 19.0 Å². The highest BCUT2D eigenvalue weighted by Crippen LogP contribution is 2.09. The summed E-state index contributed by atoms with van der Waals surface area (Å²) in [5, 5.41) is 6.69. The Bertz CT molecular complexity index is 664. The molecule has 7 nitrogen and oxygen atoms in total. The van der Waals surface area contributed by atoms with Gasteiger partial charge in [0.2, 0.25) is 0 Å². The van der Waals surface area contributed by atoms with Crippen LogP contribution >= 0.6 is 24.0 Å². The quantitative estimate of drug-likeness (QED) is 0.307. The Morgan fingerprint density at radius 2 is 1.97 bits per heavy atom. The Labute approximate surface area is 198 Å². The zero-order valence-corrected chi connectivity index (χ0v) is 21.3. The number of hydrogen-bond donors (Lipinski definition) is 2. The van der Waals surface area contributed by atoms with Crippen molar-refractivity contribution in [1.29, 1.82) is 0 Å². The van der Waals surface area contributed by atoms with Crippen LogP contribution < -0.4 is 10.6 Å². The fourth-order valence-corrected chi connectivity index (χ4v) is 3.32. The maximum atomic E-state index is 12.0. The average molecular weight is 531 g/mol. The number of aliphatic imine (C=N–C) groups is 1. The van der Waals surface area contributed by atoms with Crippen LogP contribution in [0, 0.1) is 5.92 Å². The fraction of sp³-hybridized carbons (Fsp3) is 0.636. The predicted molar refractivity (Wildman–Crippen MR) is 134 cm³/mol. The second kappa shape index (κ2) is 13.8. The second-order valence-electron chi connectivity index (χ2n) is 8.12. The second-order valence-corrected chi connectivity index (χ2v) is 8.12. The largest absolute Gasteiger partial charge is 0.374 e. The molecule has 1 fully saturated rings. The van der Waals surface area contributed by atoms with E-state index in [2.05, 4.69) is 41.3 Å². The Morgan fingerprint density at radius 1 is 1.27 bits per heavy atom. The van der Waals surface area contributed by atoms with E-state index in [1.807, 2.05) is 24.3 Å². The summed E-state index contributed by atoms with van der Waals surface area (Å²) in [6, 6.07) is 7.62. The zero-order valence-electron chi connectivity index (χ0n) is 19.0. The third-order valence-electron chi connectivity index (χ3n) is 4.71. The van der Waals surface area contributed by atoms with E-state index in [1.165, 1.54) is 0 Å². The number of nitrogens with one attached hydrogen (secondary N) is 2. The van der Waals surface area contributed by atoms with Gasteiger partial charge >= 0.3 is 0 Å². The fourth-order valence-electron chi connectivity index (χ4n) is 3.32. The number of nitrogens with zero attached hydrogens (tertiary/aromatic N) is 3. The standard InChI is InChI=1S/C22H37N5O2.HI/c1-6-23-22(25-14-20-16-27(11-12-29-20)15-17(2)3)24-13-18-7-9-19(10-8-18)21(28)26(4)5;/h7-10,17,20H,6,11-16H2,1-5H3,(H2,23,24,25);1H. The summed E-state index contributed by atoms with van der Waals surface area (Å²) in [5.41, 5.74) is 1.75. The molecule has 1 heterocycles. The molecule has 0 spiro atoms. The first kappa shape index (κ1) is 26.6. The summed E-state index contributed by atoms with van der Waals surface area (Å²) in [6.07, 6.45) is 0.169. The molecular formula is C22H38IN5O2. The number of amides is 1. The maximum absolute atomic E-state index is 12.0. The van der Waals surface area contributed by atoms with E-state index in [0.29, 0.717) is 18.0 Å². The van der Waals surface area contributed by atoms with Crippen LogP contribution in [0.15, 0.2) is 29.3 Å². The number of ether oxygens (including phenoxy) is 1. The molecule has 1 aromatic carbocycles. The van der Waals surface area contributed by atoms with Gasteiger partial charge in [0.25, 0.3) is 5.91 Å². The lowest BCUT2D eigenvalue weighted by molar-refractivity contribution is -0.0284. The highest BCUT2D eigenvalue weighted by atomic mass is 127. The molecule has 1 aliphatic rings. The molecule has 0 aromatic heterocycles. The number of hydrogen-bond acceptors (Lipinski definition) is 4. The van der Waals surface area contributed by atoms with Crippen molar-refractivity contribution < 1.29 is 9.53 Å². The van der Waals surface area contributed by atoms with Crippen molar-refractivity contribution in [3.05, 3.63) is 35.4 Å². The molecule has 30 heavy (non-hydrogen) atoms. The number of halogens is 1. The van der Waals surface area contributed by atoms with Gasteiger partial charge in [-0.2, -0.15) is 0 Å². The first-order valence-corrected chi connectivity index (χ1v) is 10.6. The first-order valence-electron chi connectivity index (χ1n) is 10.6. The van der Waals surface area contributed by atoms with Crippen LogP contribution in [-0.2, 0) is 11.3 Å². The number of guanidine groups is 1. The van der Waals surface area contributed by atoms with E-state index >= 15 is 0 Å². The highest BCUT2D eigenvalue weighted by molar-refractivity contribution is 14.0. The summed E-state index contributed by atoms with van der Waals surface area (Å²) in [6.45, 7) is 12.5. The normalized spacial score (nSPS) is 17.4. The molecule has 1 aromatic rings. The van der Waals surface area contributed by atoms with E-state index in [-0.39, 0.29) is 36.0 Å². The van der Waals surface area contributed by atoms with Gasteiger partial charge in [0.05, 0.1) is 19.3 Å². The third-order valence-corrected chi connectivity index (χ3v) is 4.71. The molecule has 1 unspecified atom stereocenters. The summed E-state index contributed by atoms with van der Waals surface area (Å²) in [5.74, 6) is 1.46. The van der Waals surface area contributed by atoms with E-state index in [4.69, 9.17) is 4.74 Å². The Hall–Kier alpha value is -1.39. The van der Waals surface area contributed by atoms with Gasteiger partial charge in [-0.1, -0.05) is 26.0 Å². The van der Waals surface area contributed by atoms with Crippen molar-refractivity contribution in [3.8, 4) is 0 Å². The van der Waals surface area contributed by atoms with Crippen LogP contribution in [0.25, 0.3) is 0 Å². The molecule has 0 aliphatic carbocycles. The lowest BCUT2D eigenvalue weighted by atomic mass is 10.1. The smallest absolute Gasteiger partial charge is 0.253 e. The summed E-state index contributed by atoms with van der Waals surface area (Å²) in [4.78, 5) is 20.7. The molecule has 2 N–H and O–H groups in total. The van der Waals surface area contributed by atoms with E-state index < -0.39 is 0 Å². The molecular weight excluding hydrogens is 493 g/mol. The van der Waals surface area contributed by atoms with Crippen molar-refractivity contribution in [2.45, 2.75) is 33.4 Å². The van der Waals surface area contributed by atoms with Gasteiger partial charge in [0, 0.05) is 52.4 Å². The minimum Gasteiger partial charge on any atom is -0.374 e. The number of benzene rings is 1. The van der Waals surface area contributed by atoms with Gasteiger partial charge in [-0.15, -0.1) is 24.0 Å². The SMILES string of the molecule is CCNC(=NCc1ccc(C(=O)N(C)C)cc1)NCC1CN(CC(C)C)CCO1.I. The van der Waals surface area contributed by atoms with Gasteiger partial charge in [-0.05, 0) is 30.5 Å². The summed E-state index contributed by atoms with van der Waals surface area (Å²) in [7, 11) is 3.51. The monoisotopic (exact) mass is 531 g/mol. The van der Waals surface area contributed by atoms with Gasteiger partial charge in [0.1, 0.15) is 0 Å². The molecule has 1 atom stereocenters. The van der Waals surface area contributed by atoms with Crippen molar-refractivity contribution in [3.63, 3.8) is 0 Å². The number of carbonyl (C=O) groups excluding carboxylic acids is 1. The van der Waals surface area contributed by atoms with Crippen LogP contribution in [0.4, 0.5) is 0 Å². The number of rotatable bonds is 8. The van der Waals surface area contributed by atoms with Gasteiger partial charge in [-0.25, -0.2) is 4.99 Å². The molecule has 0 saturated carbocycles. The van der Waals surface area contributed by atoms with Crippen molar-refractivity contribution in [1.82, 2.24) is 20.4 Å². The topological polar surface area (TPSA) is 69.2 Å². The summed E-state index contributed by atoms with van der Waals surface area (Å²) < 4.78 is 5.91. The first-order chi connectivity index (χ1) is 13.9. The van der Waals surface area contributed by atoms with Gasteiger partial charge in [-0.3, -0.25) is 9.69 Å². The molecule has 1 saturated heterocycles. The van der Waals surface area contributed by atoms with Crippen LogP contribution in [0.1, 0.15) is 36.7 Å². The molecule has 170 valence electrons. The van der Waals surface area contributed by atoms with Crippen LogP contribution in [-0.4, -0.2) is 81.2 Å². The molecule has 2 rings (SSSR count). The molecule has 0 bridgehead atoms. The van der Waals surface area contributed by atoms with Crippen molar-refractivity contribution in [2.75, 3.05) is 53.4 Å². The van der Waals surface area contributed by atoms with E-state index in [9.17, 15) is 4.79 Å². The van der Waals surface area contributed by atoms with Gasteiger partial charge in [0.15, 0.2) is 5.96 Å². The number of morpholine rings is 1. The molecule has 8 heteroatoms. The van der Waals surface area contributed by atoms with Crippen LogP contribution in [0.2, 0.25) is 0 Å². The van der Waals surface area contributed by atoms with Crippen molar-refractivity contribution in [2.24, 2.45) is 10.9 Å². The van der Waals surface area contributed by atoms with Crippen LogP contribution in [0.5, 0.6) is 0 Å². The Kier molecular flexibility index (Phi) is 12.3. The minimum atomic E-state index is 0. The predicted octanol–water partition coefficient (Wildman–Crippen LogP) is 2.42. The average Bonchev–Trinajstić information content (AvgIpc) is 2.69. The molecule has 1 aliphatic heterocycles. The third kappa shape index (κ3) is 9.18. The Morgan fingerprint density at radius 3 is 2.57 bits per heavy atom. The maximum Gasteiger partial charge on any atom is 0.253 e. The molecule has 1 amide bonds. The highest BCUT2D eigenvalue weighted by Gasteiger charge is 2.21. The summed E-state index contributed by atoms with van der Waals surface area (Å²) >= 11 is 0. The lowest BCUT2D eigenvalue weighted by Gasteiger charge is -2.34. The van der Waals surface area contributed by atoms with Crippen LogP contribution in [0.3, 0.4) is 0 Å². The lowest BCUT2D eigenvalue weighted by Crippen LogP contribution is -2.50. The zero-order chi connectivity index (χ0) is 21.2. The molecule has 0 radical (unpaired) electrons. The van der Waals surface area contributed by atoms with Crippen molar-refractivity contribution >= 4 is 35.8 Å². The van der Waals surface area contributed by atoms with E-state index in [0.717, 1.165) is 50.9 Å². The Balaban J connectivity index is 0.00000450. The minimum absolute atomic E-state index is 0. The number of carbonyl (C=O) groups is 1.